The lowest BCUT2D eigenvalue weighted by molar-refractivity contribution is 0.563. The maximum atomic E-state index is 9.09. The predicted molar refractivity (Wildman–Crippen MR) is 57.3 cm³/mol. The second kappa shape index (κ2) is 3.03. The molecule has 0 aliphatic heterocycles. The van der Waals surface area contributed by atoms with Crippen LogP contribution in [-0.4, -0.2) is 9.97 Å². The van der Waals surface area contributed by atoms with E-state index in [1.807, 2.05) is 6.07 Å². The van der Waals surface area contributed by atoms with Crippen LogP contribution in [0.1, 0.15) is 45.0 Å². The molecule has 15 heavy (non-hydrogen) atoms. The van der Waals surface area contributed by atoms with Crippen molar-refractivity contribution in [3.05, 3.63) is 23.8 Å². The summed E-state index contributed by atoms with van der Waals surface area (Å²) in [5, 5.41) is 9.09. The molecule has 1 saturated carbocycles. The van der Waals surface area contributed by atoms with E-state index in [1.165, 1.54) is 0 Å². The summed E-state index contributed by atoms with van der Waals surface area (Å²) >= 11 is 0. The molecule has 0 aromatic carbocycles. The molecule has 3 heteroatoms. The third kappa shape index (κ3) is 1.72. The van der Waals surface area contributed by atoms with Crippen LogP contribution in [0.5, 0.6) is 0 Å². The maximum Gasteiger partial charge on any atom is 0.116 e. The highest BCUT2D eigenvalue weighted by molar-refractivity contribution is 5.35. The Balaban J connectivity index is 2.41. The number of aromatic nitrogens is 2. The van der Waals surface area contributed by atoms with Crippen molar-refractivity contribution in [2.24, 2.45) is 0 Å². The van der Waals surface area contributed by atoms with E-state index < -0.39 is 0 Å². The van der Waals surface area contributed by atoms with Gasteiger partial charge in [0.05, 0.1) is 17.2 Å². The van der Waals surface area contributed by atoms with Gasteiger partial charge in [-0.05, 0) is 18.9 Å². The number of hydrogen-bond acceptors (Lipinski definition) is 3. The molecule has 1 fully saturated rings. The molecule has 3 nitrogen and oxygen atoms in total. The van der Waals surface area contributed by atoms with Crippen molar-refractivity contribution < 1.29 is 0 Å². The molecule has 0 radical (unpaired) electrons. The fourth-order valence-electron chi connectivity index (χ4n) is 1.58. The first-order chi connectivity index (χ1) is 6.98. The normalized spacial score (nSPS) is 18.3. The smallest absolute Gasteiger partial charge is 0.116 e. The van der Waals surface area contributed by atoms with E-state index in [2.05, 4.69) is 36.8 Å². The predicted octanol–water partition coefficient (Wildman–Crippen LogP) is 2.33. The molecule has 0 amide bonds. The minimum absolute atomic E-state index is 0.0171. The summed E-state index contributed by atoms with van der Waals surface area (Å²) in [4.78, 5) is 8.49. The Morgan fingerprint density at radius 1 is 1.33 bits per heavy atom. The van der Waals surface area contributed by atoms with Gasteiger partial charge in [-0.3, -0.25) is 0 Å². The first-order valence-electron chi connectivity index (χ1n) is 5.22. The van der Waals surface area contributed by atoms with Crippen LogP contribution in [0, 0.1) is 11.3 Å². The van der Waals surface area contributed by atoms with E-state index in [-0.39, 0.29) is 10.8 Å². The summed E-state index contributed by atoms with van der Waals surface area (Å²) in [5.74, 6) is 0. The Morgan fingerprint density at radius 3 is 2.47 bits per heavy atom. The first-order valence-corrected chi connectivity index (χ1v) is 5.22. The second-order valence-electron chi connectivity index (χ2n) is 5.23. The van der Waals surface area contributed by atoms with Gasteiger partial charge in [-0.25, -0.2) is 9.97 Å². The number of hydrogen-bond donors (Lipinski definition) is 0. The topological polar surface area (TPSA) is 49.6 Å². The Labute approximate surface area is 90.2 Å². The molecule has 0 spiro atoms. The highest BCUT2D eigenvalue weighted by Gasteiger charge is 2.46. The molecule has 1 heterocycles. The molecule has 0 unspecified atom stereocenters. The van der Waals surface area contributed by atoms with Gasteiger partial charge in [-0.15, -0.1) is 0 Å². The molecule has 0 atom stereocenters. The zero-order chi connectivity index (χ0) is 11.1. The Kier molecular flexibility index (Phi) is 2.04. The Hall–Kier alpha value is -1.43. The van der Waals surface area contributed by atoms with E-state index >= 15 is 0 Å². The third-order valence-electron chi connectivity index (χ3n) is 2.89. The van der Waals surface area contributed by atoms with Crippen LogP contribution in [0.25, 0.3) is 0 Å². The van der Waals surface area contributed by atoms with Gasteiger partial charge in [0.2, 0.25) is 0 Å². The number of rotatable bonds is 1. The van der Waals surface area contributed by atoms with Gasteiger partial charge in [0.1, 0.15) is 6.33 Å². The first kappa shape index (κ1) is 10.1. The van der Waals surface area contributed by atoms with Crippen LogP contribution in [0.2, 0.25) is 0 Å². The number of nitrogens with zero attached hydrogens (tertiary/aromatic N) is 3. The van der Waals surface area contributed by atoms with Crippen molar-refractivity contribution in [1.29, 1.82) is 5.26 Å². The van der Waals surface area contributed by atoms with E-state index in [0.29, 0.717) is 0 Å². The second-order valence-corrected chi connectivity index (χ2v) is 5.23. The Bertz CT molecular complexity index is 419. The summed E-state index contributed by atoms with van der Waals surface area (Å²) in [7, 11) is 0. The van der Waals surface area contributed by atoms with Crippen LogP contribution < -0.4 is 0 Å². The number of nitriles is 1. The molecule has 0 N–H and O–H groups in total. The zero-order valence-electron chi connectivity index (χ0n) is 9.41. The summed E-state index contributed by atoms with van der Waals surface area (Å²) in [6.45, 7) is 6.35. The highest BCUT2D eigenvalue weighted by Crippen LogP contribution is 2.46. The molecule has 1 aromatic rings. The van der Waals surface area contributed by atoms with E-state index in [1.54, 1.807) is 6.33 Å². The van der Waals surface area contributed by atoms with Crippen molar-refractivity contribution in [2.75, 3.05) is 0 Å². The fraction of sp³-hybridized carbons (Fsp3) is 0.583. The lowest BCUT2D eigenvalue weighted by Crippen LogP contribution is -2.16. The SMILES string of the molecule is CC(C)(C)c1cc(C2(C#N)CC2)ncn1. The highest BCUT2D eigenvalue weighted by atomic mass is 14.9. The van der Waals surface area contributed by atoms with Gasteiger partial charge in [0.25, 0.3) is 0 Å². The lowest BCUT2D eigenvalue weighted by atomic mass is 9.90. The van der Waals surface area contributed by atoms with Crippen molar-refractivity contribution in [1.82, 2.24) is 9.97 Å². The molecular weight excluding hydrogens is 186 g/mol. The van der Waals surface area contributed by atoms with Crippen LogP contribution in [-0.2, 0) is 10.8 Å². The summed E-state index contributed by atoms with van der Waals surface area (Å²) in [5.41, 5.74) is 1.62. The zero-order valence-corrected chi connectivity index (χ0v) is 9.41. The molecule has 1 aliphatic carbocycles. The van der Waals surface area contributed by atoms with Crippen molar-refractivity contribution in [3.8, 4) is 6.07 Å². The maximum absolute atomic E-state index is 9.09. The van der Waals surface area contributed by atoms with E-state index in [4.69, 9.17) is 5.26 Å². The van der Waals surface area contributed by atoms with Crippen molar-refractivity contribution in [2.45, 2.75) is 44.4 Å². The molecule has 1 aromatic heterocycles. The van der Waals surface area contributed by atoms with Gasteiger partial charge in [-0.2, -0.15) is 5.26 Å². The van der Waals surface area contributed by atoms with Gasteiger partial charge in [-0.1, -0.05) is 20.8 Å². The van der Waals surface area contributed by atoms with E-state index in [0.717, 1.165) is 24.2 Å². The van der Waals surface area contributed by atoms with Crippen LogP contribution in [0.15, 0.2) is 12.4 Å². The summed E-state index contributed by atoms with van der Waals surface area (Å²) in [6.07, 6.45) is 3.45. The lowest BCUT2D eigenvalue weighted by Gasteiger charge is -2.18. The average molecular weight is 201 g/mol. The monoisotopic (exact) mass is 201 g/mol. The summed E-state index contributed by atoms with van der Waals surface area (Å²) in [6, 6.07) is 4.34. The Morgan fingerprint density at radius 2 is 2.00 bits per heavy atom. The van der Waals surface area contributed by atoms with Gasteiger partial charge >= 0.3 is 0 Å². The minimum Gasteiger partial charge on any atom is -0.241 e. The minimum atomic E-state index is -0.303. The van der Waals surface area contributed by atoms with Gasteiger partial charge in [0, 0.05) is 11.1 Å². The molecule has 78 valence electrons. The van der Waals surface area contributed by atoms with Crippen LogP contribution in [0.4, 0.5) is 0 Å². The molecular formula is C12H15N3. The average Bonchev–Trinajstić information content (AvgIpc) is 2.97. The standard InChI is InChI=1S/C12H15N3/c1-11(2,3)9-6-10(15-8-14-9)12(7-13)4-5-12/h6,8H,4-5H2,1-3H3. The van der Waals surface area contributed by atoms with Crippen molar-refractivity contribution >= 4 is 0 Å². The van der Waals surface area contributed by atoms with E-state index in [9.17, 15) is 0 Å². The largest absolute Gasteiger partial charge is 0.241 e. The molecule has 0 bridgehead atoms. The van der Waals surface area contributed by atoms with Crippen LogP contribution >= 0.6 is 0 Å². The third-order valence-corrected chi connectivity index (χ3v) is 2.89. The van der Waals surface area contributed by atoms with Crippen LogP contribution in [0.3, 0.4) is 0 Å². The summed E-state index contributed by atoms with van der Waals surface area (Å²) < 4.78 is 0. The molecule has 0 saturated heterocycles. The fourth-order valence-corrected chi connectivity index (χ4v) is 1.58. The van der Waals surface area contributed by atoms with Crippen molar-refractivity contribution in [3.63, 3.8) is 0 Å². The quantitative estimate of drug-likeness (QED) is 0.700. The molecule has 2 rings (SSSR count). The van der Waals surface area contributed by atoms with Gasteiger partial charge in [0.15, 0.2) is 0 Å². The molecule has 1 aliphatic rings. The van der Waals surface area contributed by atoms with Gasteiger partial charge < -0.3 is 0 Å².